The number of nitrogens with one attached hydrogen (secondary N) is 1. The number of carbonyl (C=O) groups excluding carboxylic acids is 1. The first-order valence-electron chi connectivity index (χ1n) is 7.15. The van der Waals surface area contributed by atoms with E-state index in [-0.39, 0.29) is 0 Å². The Kier molecular flexibility index (Phi) is 4.60. The number of amides is 1. The Balaban J connectivity index is 1.92. The maximum Gasteiger partial charge on any atom is 0.586 e. The van der Waals surface area contributed by atoms with Gasteiger partial charge in [-0.15, -0.1) is 22.0 Å². The number of aromatic nitrogens is 1. The predicted molar refractivity (Wildman–Crippen MR) is 78.1 cm³/mol. The van der Waals surface area contributed by atoms with Gasteiger partial charge in [0.15, 0.2) is 23.1 Å². The Hall–Kier alpha value is -3.78. The van der Waals surface area contributed by atoms with Crippen molar-refractivity contribution >= 4 is 17.4 Å². The van der Waals surface area contributed by atoms with E-state index in [9.17, 15) is 41.3 Å². The molecule has 0 aliphatic carbocycles. The molecule has 1 aliphatic rings. The lowest BCUT2D eigenvalue weighted by Crippen LogP contribution is -2.25. The van der Waals surface area contributed by atoms with Crippen LogP contribution in [0.1, 0.15) is 10.4 Å². The summed E-state index contributed by atoms with van der Waals surface area (Å²) in [6.07, 6.45) is -9.07. The van der Waals surface area contributed by atoms with Crippen LogP contribution in [0.3, 0.4) is 0 Å². The molecule has 3 rings (SSSR count). The van der Waals surface area contributed by atoms with Crippen molar-refractivity contribution in [1.29, 1.82) is 0 Å². The van der Waals surface area contributed by atoms with Crippen molar-refractivity contribution < 1.29 is 50.3 Å². The number of nitrogens with zero attached hydrogens (tertiary/aromatic N) is 2. The molecule has 0 unspecified atom stereocenters. The third-order valence-corrected chi connectivity index (χ3v) is 3.25. The van der Waals surface area contributed by atoms with Gasteiger partial charge in [0.1, 0.15) is 11.4 Å². The number of halogens is 6. The van der Waals surface area contributed by atoms with Gasteiger partial charge in [-0.2, -0.15) is 0 Å². The third-order valence-electron chi connectivity index (χ3n) is 3.25. The van der Waals surface area contributed by atoms with E-state index in [1.54, 1.807) is 0 Å². The molecule has 1 amide bonds. The van der Waals surface area contributed by atoms with E-state index in [0.717, 1.165) is 0 Å². The molecular weight excluding hydrogens is 420 g/mol. The molecular formula is C14H5F6N3O6. The zero-order valence-electron chi connectivity index (χ0n) is 13.4. The van der Waals surface area contributed by atoms with Crippen LogP contribution in [0.2, 0.25) is 0 Å². The third kappa shape index (κ3) is 4.39. The maximum atomic E-state index is 13.4. The number of hydrogen-bond donors (Lipinski definition) is 1. The normalized spacial score (nSPS) is 14.4. The zero-order chi connectivity index (χ0) is 21.6. The number of fused-ring (bicyclic) bond motifs is 1. The number of pyridine rings is 1. The first kappa shape index (κ1) is 20.0. The van der Waals surface area contributed by atoms with Gasteiger partial charge in [0.2, 0.25) is 0 Å². The van der Waals surface area contributed by atoms with E-state index < -0.39 is 63.6 Å². The van der Waals surface area contributed by atoms with E-state index in [0.29, 0.717) is 24.4 Å². The van der Waals surface area contributed by atoms with Gasteiger partial charge in [-0.3, -0.25) is 14.9 Å². The molecule has 0 saturated carbocycles. The van der Waals surface area contributed by atoms with Crippen molar-refractivity contribution in [3.05, 3.63) is 45.9 Å². The number of benzene rings is 1. The zero-order valence-corrected chi connectivity index (χ0v) is 13.4. The summed E-state index contributed by atoms with van der Waals surface area (Å²) < 4.78 is 87.9. The fourth-order valence-corrected chi connectivity index (χ4v) is 2.19. The van der Waals surface area contributed by atoms with Crippen molar-refractivity contribution in [1.82, 2.24) is 4.98 Å². The molecule has 1 aliphatic heterocycles. The van der Waals surface area contributed by atoms with Crippen LogP contribution in [-0.2, 0) is 0 Å². The average Bonchev–Trinajstić information content (AvgIpc) is 2.88. The summed E-state index contributed by atoms with van der Waals surface area (Å²) in [4.78, 5) is 25.6. The molecule has 15 heteroatoms. The number of rotatable bonds is 4. The van der Waals surface area contributed by atoms with E-state index in [1.807, 2.05) is 5.32 Å². The largest absolute Gasteiger partial charge is 0.586 e. The molecule has 29 heavy (non-hydrogen) atoms. The van der Waals surface area contributed by atoms with Crippen LogP contribution < -0.4 is 19.5 Å². The number of anilines is 1. The molecule has 0 atom stereocenters. The first-order valence-corrected chi connectivity index (χ1v) is 7.15. The molecule has 0 fully saturated rings. The van der Waals surface area contributed by atoms with Crippen molar-refractivity contribution in [2.24, 2.45) is 0 Å². The minimum Gasteiger partial charge on any atom is -0.402 e. The minimum absolute atomic E-state index is 0.297. The molecule has 0 spiro atoms. The van der Waals surface area contributed by atoms with E-state index in [2.05, 4.69) is 19.2 Å². The van der Waals surface area contributed by atoms with E-state index in [4.69, 9.17) is 0 Å². The molecule has 1 N–H and O–H groups in total. The van der Waals surface area contributed by atoms with Crippen molar-refractivity contribution in [3.8, 4) is 17.2 Å². The topological polar surface area (TPSA) is 113 Å². The Bertz CT molecular complexity index is 1010. The van der Waals surface area contributed by atoms with Gasteiger partial charge in [-0.25, -0.2) is 9.37 Å². The van der Waals surface area contributed by atoms with Crippen molar-refractivity contribution in [3.63, 3.8) is 0 Å². The highest BCUT2D eigenvalue weighted by Gasteiger charge is 2.45. The van der Waals surface area contributed by atoms with E-state index in [1.165, 1.54) is 0 Å². The van der Waals surface area contributed by atoms with Crippen LogP contribution in [0.5, 0.6) is 17.2 Å². The molecule has 1 aromatic carbocycles. The van der Waals surface area contributed by atoms with Crippen LogP contribution in [0.15, 0.2) is 24.4 Å². The van der Waals surface area contributed by atoms with Crippen LogP contribution >= 0.6 is 0 Å². The summed E-state index contributed by atoms with van der Waals surface area (Å²) >= 11 is 0. The fourth-order valence-electron chi connectivity index (χ4n) is 2.19. The molecule has 2 heterocycles. The van der Waals surface area contributed by atoms with Gasteiger partial charge in [0.25, 0.3) is 11.6 Å². The SMILES string of the molecule is O=C(Nc1cc(OC(F)(F)F)c(F)cn1)c1cc2c(cc1[N+](=O)[O-])OC(F)(F)O2. The van der Waals surface area contributed by atoms with Crippen LogP contribution in [-0.4, -0.2) is 28.5 Å². The summed E-state index contributed by atoms with van der Waals surface area (Å²) in [5.74, 6) is -6.25. The Morgan fingerprint density at radius 1 is 1.21 bits per heavy atom. The fraction of sp³-hybridized carbons (Fsp3) is 0.143. The van der Waals surface area contributed by atoms with Crippen LogP contribution in [0, 0.1) is 15.9 Å². The van der Waals surface area contributed by atoms with Crippen molar-refractivity contribution in [2.45, 2.75) is 12.7 Å². The molecule has 2 aromatic rings. The molecule has 154 valence electrons. The van der Waals surface area contributed by atoms with Gasteiger partial charge in [-0.1, -0.05) is 0 Å². The smallest absolute Gasteiger partial charge is 0.402 e. The number of alkyl halides is 5. The lowest BCUT2D eigenvalue weighted by atomic mass is 10.1. The highest BCUT2D eigenvalue weighted by molar-refractivity contribution is 6.07. The average molecular weight is 425 g/mol. The monoisotopic (exact) mass is 425 g/mol. The summed E-state index contributed by atoms with van der Waals surface area (Å²) in [6.45, 7) is 0. The number of ether oxygens (including phenoxy) is 3. The number of nitro groups is 1. The molecule has 0 bridgehead atoms. The standard InChI is InChI=1S/C14H5F6N3O6/c15-6-4-21-11(3-8(6)27-13(16,17)18)22-12(24)5-1-9-10(2-7(5)23(25)26)29-14(19,20)28-9/h1-4H,(H,21,22,24). The van der Waals surface area contributed by atoms with Gasteiger partial charge in [0.05, 0.1) is 17.2 Å². The highest BCUT2D eigenvalue weighted by atomic mass is 19.4. The van der Waals surface area contributed by atoms with Gasteiger partial charge < -0.3 is 19.5 Å². The minimum atomic E-state index is -5.25. The second kappa shape index (κ2) is 6.68. The van der Waals surface area contributed by atoms with Gasteiger partial charge in [-0.05, 0) is 0 Å². The lowest BCUT2D eigenvalue weighted by Gasteiger charge is -2.11. The first-order chi connectivity index (χ1) is 13.3. The van der Waals surface area contributed by atoms with E-state index >= 15 is 0 Å². The Labute approximate surface area is 154 Å². The summed E-state index contributed by atoms with van der Waals surface area (Å²) in [5.41, 5.74) is -1.78. The predicted octanol–water partition coefficient (Wildman–Crippen LogP) is 3.60. The molecule has 0 radical (unpaired) electrons. The van der Waals surface area contributed by atoms with Crippen molar-refractivity contribution in [2.75, 3.05) is 5.32 Å². The second-order valence-electron chi connectivity index (χ2n) is 5.24. The van der Waals surface area contributed by atoms with Gasteiger partial charge in [0, 0.05) is 12.1 Å². The number of nitro benzene ring substituents is 1. The van der Waals surface area contributed by atoms with Crippen LogP contribution in [0.25, 0.3) is 0 Å². The Morgan fingerprint density at radius 2 is 1.83 bits per heavy atom. The van der Waals surface area contributed by atoms with Gasteiger partial charge >= 0.3 is 12.7 Å². The molecule has 0 saturated heterocycles. The quantitative estimate of drug-likeness (QED) is 0.453. The summed E-state index contributed by atoms with van der Waals surface area (Å²) in [6, 6.07) is 1.44. The van der Waals surface area contributed by atoms with Crippen LogP contribution in [0.4, 0.5) is 37.8 Å². The second-order valence-corrected chi connectivity index (χ2v) is 5.24. The molecule has 1 aromatic heterocycles. The molecule has 9 nitrogen and oxygen atoms in total. The lowest BCUT2D eigenvalue weighted by molar-refractivity contribution is -0.385. The summed E-state index contributed by atoms with van der Waals surface area (Å²) in [5, 5.41) is 13.0. The number of hydrogen-bond acceptors (Lipinski definition) is 7. The summed E-state index contributed by atoms with van der Waals surface area (Å²) in [7, 11) is 0. The highest BCUT2D eigenvalue weighted by Crippen LogP contribution is 2.44. The maximum absolute atomic E-state index is 13.4. The Morgan fingerprint density at radius 3 is 2.41 bits per heavy atom. The number of carbonyl (C=O) groups is 1.